The van der Waals surface area contributed by atoms with Crippen LogP contribution in [0.25, 0.3) is 0 Å². The third kappa shape index (κ3) is 4.02. The fourth-order valence-electron chi connectivity index (χ4n) is 3.16. The van der Waals surface area contributed by atoms with Crippen LogP contribution in [0.1, 0.15) is 41.7 Å². The molecule has 23 heavy (non-hydrogen) atoms. The van der Waals surface area contributed by atoms with Gasteiger partial charge in [0.05, 0.1) is 9.52 Å². The van der Waals surface area contributed by atoms with Crippen LogP contribution in [0.15, 0.2) is 29.2 Å². The number of aryl methyl sites for hydroxylation is 2. The molecule has 2 rings (SSSR count). The molecule has 1 N–H and O–H groups in total. The molecule has 0 atom stereocenters. The van der Waals surface area contributed by atoms with Crippen LogP contribution >= 0.6 is 11.8 Å². The molecule has 0 aromatic heterocycles. The monoisotopic (exact) mass is 344 g/mol. The van der Waals surface area contributed by atoms with Crippen molar-refractivity contribution in [1.29, 1.82) is 0 Å². The zero-order chi connectivity index (χ0) is 17.0. The van der Waals surface area contributed by atoms with E-state index in [4.69, 9.17) is 0 Å². The highest BCUT2D eigenvalue weighted by Crippen LogP contribution is 2.32. The van der Waals surface area contributed by atoms with Crippen LogP contribution in [-0.2, 0) is 12.8 Å². The van der Waals surface area contributed by atoms with Gasteiger partial charge >= 0.3 is 0 Å². The van der Waals surface area contributed by atoms with Crippen molar-refractivity contribution >= 4 is 26.5 Å². The predicted octanol–water partition coefficient (Wildman–Crippen LogP) is 3.99. The van der Waals surface area contributed by atoms with E-state index in [1.807, 2.05) is 25.6 Å². The van der Waals surface area contributed by atoms with Gasteiger partial charge in [-0.1, -0.05) is 37.2 Å². The molecule has 0 aliphatic rings. The van der Waals surface area contributed by atoms with Gasteiger partial charge in [-0.05, 0) is 72.9 Å². The van der Waals surface area contributed by atoms with Crippen molar-refractivity contribution in [3.05, 3.63) is 52.1 Å². The molecule has 0 saturated heterocycles. The van der Waals surface area contributed by atoms with E-state index in [9.17, 15) is 5.11 Å². The normalized spacial score (nSPS) is 11.5. The minimum atomic E-state index is -0.276. The Kier molecular flexibility index (Phi) is 6.37. The van der Waals surface area contributed by atoms with Crippen molar-refractivity contribution in [3.63, 3.8) is 0 Å². The van der Waals surface area contributed by atoms with Gasteiger partial charge < -0.3 is 5.11 Å². The Labute approximate surface area is 147 Å². The predicted molar refractivity (Wildman–Crippen MR) is 106 cm³/mol. The van der Waals surface area contributed by atoms with Gasteiger partial charge in [0, 0.05) is 4.90 Å². The first-order valence-corrected chi connectivity index (χ1v) is 11.2. The van der Waals surface area contributed by atoms with E-state index in [0.717, 1.165) is 24.0 Å². The molecule has 1 nitrogen and oxygen atoms in total. The summed E-state index contributed by atoms with van der Waals surface area (Å²) in [5, 5.41) is 12.9. The number of rotatable bonds is 6. The Morgan fingerprint density at radius 3 is 2.43 bits per heavy atom. The van der Waals surface area contributed by atoms with Crippen molar-refractivity contribution in [2.24, 2.45) is 0 Å². The SMILES string of the molecule is CCc1cccc([SiH2]CSc2cc(C)c(O)c(C)c2C)c1CC. The maximum absolute atomic E-state index is 10.0. The Bertz CT molecular complexity index is 695. The lowest BCUT2D eigenvalue weighted by molar-refractivity contribution is 0.465. The lowest BCUT2D eigenvalue weighted by atomic mass is 10.0. The van der Waals surface area contributed by atoms with Crippen LogP contribution in [0.4, 0.5) is 0 Å². The molecule has 0 aliphatic carbocycles. The third-order valence-corrected chi connectivity index (χ3v) is 8.31. The van der Waals surface area contributed by atoms with Crippen LogP contribution in [0.5, 0.6) is 5.75 Å². The average molecular weight is 345 g/mol. The highest BCUT2D eigenvalue weighted by atomic mass is 32.2. The summed E-state index contributed by atoms with van der Waals surface area (Å²) in [6, 6.07) is 8.98. The molecular formula is C20H28OSSi. The summed E-state index contributed by atoms with van der Waals surface area (Å²) in [6.07, 6.45) is 2.28. The highest BCUT2D eigenvalue weighted by molar-refractivity contribution is 8.00. The number of aromatic hydroxyl groups is 1. The first kappa shape index (κ1) is 18.1. The molecule has 0 radical (unpaired) electrons. The summed E-state index contributed by atoms with van der Waals surface area (Å²) in [5.41, 5.74) is 6.35. The van der Waals surface area contributed by atoms with Crippen LogP contribution in [0, 0.1) is 20.8 Å². The minimum Gasteiger partial charge on any atom is -0.507 e. The Morgan fingerprint density at radius 1 is 1.04 bits per heavy atom. The summed E-state index contributed by atoms with van der Waals surface area (Å²) in [4.78, 5) is 1.33. The van der Waals surface area contributed by atoms with Crippen molar-refractivity contribution in [1.82, 2.24) is 0 Å². The fourth-order valence-corrected chi connectivity index (χ4v) is 7.04. The molecule has 2 aromatic rings. The third-order valence-electron chi connectivity index (χ3n) is 4.74. The summed E-state index contributed by atoms with van der Waals surface area (Å²) in [6.45, 7) is 10.6. The molecule has 0 saturated carbocycles. The van der Waals surface area contributed by atoms with E-state index < -0.39 is 0 Å². The number of benzene rings is 2. The quantitative estimate of drug-likeness (QED) is 0.632. The maximum atomic E-state index is 10.0. The van der Waals surface area contributed by atoms with Gasteiger partial charge in [0.2, 0.25) is 0 Å². The average Bonchev–Trinajstić information content (AvgIpc) is 2.57. The largest absolute Gasteiger partial charge is 0.507 e. The Morgan fingerprint density at radius 2 is 1.78 bits per heavy atom. The topological polar surface area (TPSA) is 20.2 Å². The Balaban J connectivity index is 2.12. The zero-order valence-electron chi connectivity index (χ0n) is 15.0. The van der Waals surface area contributed by atoms with Gasteiger partial charge in [0.1, 0.15) is 5.75 Å². The van der Waals surface area contributed by atoms with Crippen molar-refractivity contribution in [2.45, 2.75) is 52.4 Å². The molecule has 0 heterocycles. The fraction of sp³-hybridized carbons (Fsp3) is 0.400. The first-order chi connectivity index (χ1) is 11.0. The maximum Gasteiger partial charge on any atom is 0.121 e. The number of hydrogen-bond acceptors (Lipinski definition) is 2. The van der Waals surface area contributed by atoms with E-state index in [2.05, 4.69) is 45.0 Å². The standard InChI is InChI=1S/C20H28OSSi/c1-6-16-9-8-10-19(17(16)7-2)23-12-22-18-11-13(3)20(21)15(5)14(18)4/h8-11,21H,6-7,12,23H2,1-5H3. The Hall–Kier alpha value is -1.19. The van der Waals surface area contributed by atoms with Crippen LogP contribution in [0.2, 0.25) is 0 Å². The number of phenolic OH excluding ortho intramolecular Hbond substituents is 1. The lowest BCUT2D eigenvalue weighted by Crippen LogP contribution is -2.22. The number of hydrogen-bond donors (Lipinski definition) is 1. The second-order valence-electron chi connectivity index (χ2n) is 6.15. The number of phenols is 1. The molecule has 2 aromatic carbocycles. The van der Waals surface area contributed by atoms with Crippen molar-refractivity contribution in [2.75, 3.05) is 5.38 Å². The molecule has 0 bridgehead atoms. The molecule has 0 fully saturated rings. The second kappa shape index (κ2) is 8.07. The van der Waals surface area contributed by atoms with E-state index in [-0.39, 0.29) is 9.52 Å². The molecule has 0 amide bonds. The van der Waals surface area contributed by atoms with Gasteiger partial charge in [0.25, 0.3) is 0 Å². The smallest absolute Gasteiger partial charge is 0.121 e. The van der Waals surface area contributed by atoms with E-state index in [0.29, 0.717) is 5.75 Å². The van der Waals surface area contributed by atoms with Crippen LogP contribution in [-0.4, -0.2) is 20.0 Å². The molecule has 0 unspecified atom stereocenters. The van der Waals surface area contributed by atoms with E-state index in [1.165, 1.54) is 21.4 Å². The summed E-state index contributed by atoms with van der Waals surface area (Å²) < 4.78 is 0. The van der Waals surface area contributed by atoms with Crippen LogP contribution in [0.3, 0.4) is 0 Å². The van der Waals surface area contributed by atoms with Gasteiger partial charge in [-0.3, -0.25) is 0 Å². The molecule has 0 aliphatic heterocycles. The summed E-state index contributed by atoms with van der Waals surface area (Å²) in [7, 11) is -0.276. The van der Waals surface area contributed by atoms with Gasteiger partial charge in [-0.2, -0.15) is 0 Å². The highest BCUT2D eigenvalue weighted by Gasteiger charge is 2.11. The minimum absolute atomic E-state index is 0.276. The number of thioether (sulfide) groups is 1. The summed E-state index contributed by atoms with van der Waals surface area (Å²) >= 11 is 1.96. The molecule has 3 heteroatoms. The molecular weight excluding hydrogens is 316 g/mol. The van der Waals surface area contributed by atoms with Gasteiger partial charge in [0.15, 0.2) is 0 Å². The van der Waals surface area contributed by atoms with Crippen LogP contribution < -0.4 is 5.19 Å². The zero-order valence-corrected chi connectivity index (χ0v) is 17.2. The van der Waals surface area contributed by atoms with Crippen molar-refractivity contribution in [3.8, 4) is 5.75 Å². The van der Waals surface area contributed by atoms with E-state index in [1.54, 1.807) is 10.8 Å². The van der Waals surface area contributed by atoms with Gasteiger partial charge in [-0.15, -0.1) is 11.8 Å². The van der Waals surface area contributed by atoms with Gasteiger partial charge in [-0.25, -0.2) is 0 Å². The lowest BCUT2D eigenvalue weighted by Gasteiger charge is -2.14. The first-order valence-electron chi connectivity index (χ1n) is 8.51. The van der Waals surface area contributed by atoms with E-state index >= 15 is 0 Å². The molecule has 124 valence electrons. The summed E-state index contributed by atoms with van der Waals surface area (Å²) in [5.74, 6) is 0.452. The molecule has 0 spiro atoms. The van der Waals surface area contributed by atoms with Crippen molar-refractivity contribution < 1.29 is 5.11 Å². The second-order valence-corrected chi connectivity index (χ2v) is 9.77.